The van der Waals surface area contributed by atoms with Crippen LogP contribution in [0.5, 0.6) is 0 Å². The fraction of sp³-hybridized carbons (Fsp3) is 0.333. The van der Waals surface area contributed by atoms with Gasteiger partial charge in [-0.3, -0.25) is 14.5 Å². The summed E-state index contributed by atoms with van der Waals surface area (Å²) in [5.74, 6) is -1.06. The molecule has 3 rings (SSSR count). The Balaban J connectivity index is 1.96. The minimum atomic E-state index is -3.65. The van der Waals surface area contributed by atoms with Gasteiger partial charge in [0.2, 0.25) is 21.8 Å². The normalized spacial score (nSPS) is 20.2. The highest BCUT2D eigenvalue weighted by Gasteiger charge is 2.50. The summed E-state index contributed by atoms with van der Waals surface area (Å²) in [7, 11) is -3.65. The van der Waals surface area contributed by atoms with Crippen LogP contribution in [0.2, 0.25) is 5.02 Å². The van der Waals surface area contributed by atoms with Crippen molar-refractivity contribution in [2.24, 2.45) is 0 Å². The maximum absolute atomic E-state index is 13.3. The van der Waals surface area contributed by atoms with E-state index in [0.29, 0.717) is 10.7 Å². The number of benzene rings is 2. The minimum Gasteiger partial charge on any atom is -0.350 e. The molecule has 2 aromatic carbocycles. The number of nitrogens with one attached hydrogen (secondary N) is 1. The Morgan fingerprint density at radius 3 is 2.37 bits per heavy atom. The van der Waals surface area contributed by atoms with E-state index in [1.165, 1.54) is 11.8 Å². The molecular weight excluding hydrogens is 426 g/mol. The predicted molar refractivity (Wildman–Crippen MR) is 117 cm³/mol. The van der Waals surface area contributed by atoms with Crippen molar-refractivity contribution >= 4 is 39.1 Å². The van der Waals surface area contributed by atoms with Gasteiger partial charge in [0.25, 0.3) is 0 Å². The van der Waals surface area contributed by atoms with Gasteiger partial charge < -0.3 is 5.32 Å². The van der Waals surface area contributed by atoms with Gasteiger partial charge in [-0.15, -0.1) is 0 Å². The number of hydrogen-bond acceptors (Lipinski definition) is 4. The number of carbonyl (C=O) groups is 2. The maximum atomic E-state index is 13.3. The van der Waals surface area contributed by atoms with Gasteiger partial charge in [-0.1, -0.05) is 41.9 Å². The number of nitrogens with zero attached hydrogens (tertiary/aromatic N) is 2. The second kappa shape index (κ2) is 8.75. The van der Waals surface area contributed by atoms with E-state index >= 15 is 0 Å². The zero-order valence-electron chi connectivity index (χ0n) is 16.8. The van der Waals surface area contributed by atoms with Gasteiger partial charge in [-0.2, -0.15) is 4.31 Å². The van der Waals surface area contributed by atoms with E-state index in [4.69, 9.17) is 11.6 Å². The Bertz CT molecular complexity index is 1030. The van der Waals surface area contributed by atoms with Crippen molar-refractivity contribution in [3.63, 3.8) is 0 Å². The molecule has 1 fully saturated rings. The fourth-order valence-corrected chi connectivity index (χ4v) is 4.75. The van der Waals surface area contributed by atoms with Crippen LogP contribution in [0.1, 0.15) is 19.4 Å². The zero-order chi connectivity index (χ0) is 21.9. The van der Waals surface area contributed by atoms with Crippen molar-refractivity contribution in [3.8, 4) is 0 Å². The molecule has 1 aliphatic rings. The van der Waals surface area contributed by atoms with Gasteiger partial charge >= 0.3 is 0 Å². The Hall–Kier alpha value is -2.42. The smallest absolute Gasteiger partial charge is 0.247 e. The lowest BCUT2D eigenvalue weighted by molar-refractivity contribution is -0.133. The average Bonchev–Trinajstić information content (AvgIpc) is 2.73. The van der Waals surface area contributed by atoms with Gasteiger partial charge in [0.15, 0.2) is 0 Å². The molecule has 1 aliphatic heterocycles. The van der Waals surface area contributed by atoms with E-state index in [0.717, 1.165) is 9.87 Å². The highest BCUT2D eigenvalue weighted by atomic mass is 35.5. The van der Waals surface area contributed by atoms with E-state index < -0.39 is 27.4 Å². The summed E-state index contributed by atoms with van der Waals surface area (Å²) in [5.41, 5.74) is -0.0526. The lowest BCUT2D eigenvalue weighted by Gasteiger charge is -2.46. The number of halogens is 1. The van der Waals surface area contributed by atoms with Gasteiger partial charge in [0.05, 0.1) is 12.3 Å². The molecule has 2 amide bonds. The van der Waals surface area contributed by atoms with Crippen LogP contribution in [0.4, 0.5) is 5.69 Å². The summed E-state index contributed by atoms with van der Waals surface area (Å²) in [6.45, 7) is 2.90. The van der Waals surface area contributed by atoms with E-state index in [1.54, 1.807) is 31.2 Å². The van der Waals surface area contributed by atoms with Crippen molar-refractivity contribution in [2.75, 3.05) is 23.7 Å². The molecule has 30 heavy (non-hydrogen) atoms. The second-order valence-corrected chi connectivity index (χ2v) is 10.0. The Kier molecular flexibility index (Phi) is 6.50. The van der Waals surface area contributed by atoms with Gasteiger partial charge in [0.1, 0.15) is 5.54 Å². The monoisotopic (exact) mass is 449 g/mol. The summed E-state index contributed by atoms with van der Waals surface area (Å²) in [4.78, 5) is 27.7. The molecule has 0 bridgehead atoms. The zero-order valence-corrected chi connectivity index (χ0v) is 18.4. The molecule has 2 aromatic rings. The number of sulfonamides is 1. The molecule has 0 unspecified atom stereocenters. The molecule has 1 heterocycles. The van der Waals surface area contributed by atoms with Crippen LogP contribution in [0.15, 0.2) is 54.6 Å². The summed E-state index contributed by atoms with van der Waals surface area (Å²) in [5, 5.41) is 3.34. The average molecular weight is 450 g/mol. The van der Waals surface area contributed by atoms with Crippen LogP contribution in [0.25, 0.3) is 0 Å². The van der Waals surface area contributed by atoms with Crippen LogP contribution in [0.3, 0.4) is 0 Å². The first kappa shape index (κ1) is 22.3. The fourth-order valence-electron chi connectivity index (χ4n) is 3.51. The van der Waals surface area contributed by atoms with Crippen molar-refractivity contribution in [1.82, 2.24) is 9.62 Å². The van der Waals surface area contributed by atoms with E-state index in [1.807, 2.05) is 30.3 Å². The summed E-state index contributed by atoms with van der Waals surface area (Å²) >= 11 is 5.97. The SMILES string of the molecule is CCS(=O)(=O)N1CC(=O)N(c2ccc(Cl)cc2)[C@](C)(C(=O)NCc2ccccc2)C1. The third kappa shape index (κ3) is 4.50. The van der Waals surface area contributed by atoms with Crippen LogP contribution in [-0.4, -0.2) is 48.9 Å². The highest BCUT2D eigenvalue weighted by Crippen LogP contribution is 2.31. The number of carbonyl (C=O) groups excluding carboxylic acids is 2. The van der Waals surface area contributed by atoms with Crippen LogP contribution < -0.4 is 10.2 Å². The molecule has 0 saturated carbocycles. The molecule has 1 saturated heterocycles. The standard InChI is InChI=1S/C21H24ClN3O4S/c1-3-30(28,29)24-14-19(26)25(18-11-9-17(22)10-12-18)21(2,15-24)20(27)23-13-16-7-5-4-6-8-16/h4-12H,3,13-15H2,1-2H3,(H,23,27)/t21-/m0/s1. The Labute approximate surface area is 181 Å². The van der Waals surface area contributed by atoms with Crippen molar-refractivity contribution < 1.29 is 18.0 Å². The highest BCUT2D eigenvalue weighted by molar-refractivity contribution is 7.89. The van der Waals surface area contributed by atoms with Crippen molar-refractivity contribution in [3.05, 3.63) is 65.2 Å². The van der Waals surface area contributed by atoms with Crippen molar-refractivity contribution in [2.45, 2.75) is 25.9 Å². The number of rotatable bonds is 6. The molecule has 0 aromatic heterocycles. The number of amides is 2. The quantitative estimate of drug-likeness (QED) is 0.733. The van der Waals surface area contributed by atoms with Crippen LogP contribution >= 0.6 is 11.6 Å². The Morgan fingerprint density at radius 1 is 1.13 bits per heavy atom. The number of anilines is 1. The van der Waals surface area contributed by atoms with Gasteiger partial charge in [0, 0.05) is 23.8 Å². The molecule has 1 N–H and O–H groups in total. The molecular formula is C21H24ClN3O4S. The summed E-state index contributed by atoms with van der Waals surface area (Å²) in [6.07, 6.45) is 0. The number of piperazine rings is 1. The van der Waals surface area contributed by atoms with E-state index in [-0.39, 0.29) is 25.4 Å². The first-order chi connectivity index (χ1) is 14.2. The third-order valence-corrected chi connectivity index (χ3v) is 7.19. The summed E-state index contributed by atoms with van der Waals surface area (Å²) in [6, 6.07) is 15.9. The molecule has 1 atom stereocenters. The lowest BCUT2D eigenvalue weighted by atomic mass is 9.94. The molecule has 0 aliphatic carbocycles. The number of hydrogen-bond donors (Lipinski definition) is 1. The molecule has 7 nitrogen and oxygen atoms in total. The van der Waals surface area contributed by atoms with Crippen molar-refractivity contribution in [1.29, 1.82) is 0 Å². The third-order valence-electron chi connectivity index (χ3n) is 5.17. The molecule has 9 heteroatoms. The van der Waals surface area contributed by atoms with Crippen LogP contribution in [0, 0.1) is 0 Å². The topological polar surface area (TPSA) is 86.8 Å². The van der Waals surface area contributed by atoms with Gasteiger partial charge in [-0.05, 0) is 43.7 Å². The summed E-state index contributed by atoms with van der Waals surface area (Å²) < 4.78 is 26.1. The predicted octanol–water partition coefficient (Wildman–Crippen LogP) is 2.41. The Morgan fingerprint density at radius 2 is 1.77 bits per heavy atom. The largest absolute Gasteiger partial charge is 0.350 e. The first-order valence-corrected chi connectivity index (χ1v) is 11.5. The van der Waals surface area contributed by atoms with Gasteiger partial charge in [-0.25, -0.2) is 8.42 Å². The maximum Gasteiger partial charge on any atom is 0.247 e. The minimum absolute atomic E-state index is 0.141. The second-order valence-electron chi connectivity index (χ2n) is 7.32. The lowest BCUT2D eigenvalue weighted by Crippen LogP contribution is -2.70. The molecule has 0 radical (unpaired) electrons. The van der Waals surface area contributed by atoms with E-state index in [2.05, 4.69) is 5.32 Å². The van der Waals surface area contributed by atoms with E-state index in [9.17, 15) is 18.0 Å². The van der Waals surface area contributed by atoms with Crippen LogP contribution in [-0.2, 0) is 26.2 Å². The molecule has 160 valence electrons. The molecule has 0 spiro atoms. The first-order valence-electron chi connectivity index (χ1n) is 9.56.